The molecule has 0 atom stereocenters. The summed E-state index contributed by atoms with van der Waals surface area (Å²) in [5, 5.41) is 7.97. The summed E-state index contributed by atoms with van der Waals surface area (Å²) in [6.07, 6.45) is 0. The lowest BCUT2D eigenvalue weighted by Crippen LogP contribution is -1.78. The average Bonchev–Trinajstić information content (AvgIpc) is 2.90. The zero-order valence-electron chi connectivity index (χ0n) is 11.6. The van der Waals surface area contributed by atoms with Crippen LogP contribution in [0.2, 0.25) is 0 Å². The Morgan fingerprint density at radius 1 is 0.591 bits per heavy atom. The molecule has 0 unspecified atom stereocenters. The highest BCUT2D eigenvalue weighted by molar-refractivity contribution is 9.10. The molecule has 5 rings (SSSR count). The Hall–Kier alpha value is -1.90. The van der Waals surface area contributed by atoms with Gasteiger partial charge in [0.05, 0.1) is 0 Å². The van der Waals surface area contributed by atoms with Crippen molar-refractivity contribution in [2.45, 2.75) is 0 Å². The van der Waals surface area contributed by atoms with Crippen LogP contribution in [0.4, 0.5) is 0 Å². The van der Waals surface area contributed by atoms with E-state index in [-0.39, 0.29) is 0 Å². The summed E-state index contributed by atoms with van der Waals surface area (Å²) in [6, 6.07) is 24.3. The first-order valence-electron chi connectivity index (χ1n) is 7.23. The molecule has 0 amide bonds. The number of fused-ring (bicyclic) bond motifs is 6. The highest BCUT2D eigenvalue weighted by Crippen LogP contribution is 2.38. The predicted octanol–water partition coefficient (Wildman–Crippen LogP) is 7.12. The fraction of sp³-hybridized carbons (Fsp3) is 0. The second-order valence-corrected chi connectivity index (χ2v) is 7.60. The molecule has 0 saturated heterocycles. The van der Waals surface area contributed by atoms with Crippen LogP contribution in [0.25, 0.3) is 41.7 Å². The van der Waals surface area contributed by atoms with Gasteiger partial charge in [0.15, 0.2) is 0 Å². The van der Waals surface area contributed by atoms with Crippen LogP contribution >= 0.6 is 27.3 Å². The second-order valence-electron chi connectivity index (χ2n) is 5.60. The van der Waals surface area contributed by atoms with Crippen LogP contribution in [0.5, 0.6) is 0 Å². The van der Waals surface area contributed by atoms with E-state index >= 15 is 0 Å². The molecule has 0 radical (unpaired) electrons. The summed E-state index contributed by atoms with van der Waals surface area (Å²) >= 11 is 5.44. The average molecular weight is 363 g/mol. The van der Waals surface area contributed by atoms with Crippen molar-refractivity contribution in [3.63, 3.8) is 0 Å². The van der Waals surface area contributed by atoms with E-state index in [0.717, 1.165) is 4.47 Å². The van der Waals surface area contributed by atoms with Gasteiger partial charge in [0.1, 0.15) is 0 Å². The SMILES string of the molecule is Brc1ccc2c(ccc3cc4sc5ccccc5c4cc32)c1. The summed E-state index contributed by atoms with van der Waals surface area (Å²) in [4.78, 5) is 0. The first kappa shape index (κ1) is 12.6. The standard InChI is InChI=1S/C20H11BrS/c21-14-7-8-15-12(9-14)5-6-13-10-20-18(11-17(13)15)16-3-1-2-4-19(16)22-20/h1-11H. The molecule has 0 spiro atoms. The van der Waals surface area contributed by atoms with Crippen molar-refractivity contribution in [1.29, 1.82) is 0 Å². The fourth-order valence-electron chi connectivity index (χ4n) is 3.25. The lowest BCUT2D eigenvalue weighted by molar-refractivity contribution is 1.74. The molecule has 4 aromatic carbocycles. The first-order valence-corrected chi connectivity index (χ1v) is 8.84. The largest absolute Gasteiger partial charge is 0.135 e. The highest BCUT2D eigenvalue weighted by Gasteiger charge is 2.08. The van der Waals surface area contributed by atoms with Gasteiger partial charge in [-0.25, -0.2) is 0 Å². The van der Waals surface area contributed by atoms with E-state index in [4.69, 9.17) is 0 Å². The van der Waals surface area contributed by atoms with E-state index in [1.165, 1.54) is 41.7 Å². The zero-order chi connectivity index (χ0) is 14.7. The molecule has 0 fully saturated rings. The number of halogens is 1. The minimum atomic E-state index is 1.13. The molecule has 0 saturated carbocycles. The van der Waals surface area contributed by atoms with Gasteiger partial charge in [-0.3, -0.25) is 0 Å². The number of hydrogen-bond acceptors (Lipinski definition) is 1. The Kier molecular flexibility index (Phi) is 2.61. The lowest BCUT2D eigenvalue weighted by atomic mass is 10.00. The van der Waals surface area contributed by atoms with Crippen LogP contribution in [-0.4, -0.2) is 0 Å². The van der Waals surface area contributed by atoms with Gasteiger partial charge in [0.2, 0.25) is 0 Å². The molecule has 0 bridgehead atoms. The third kappa shape index (κ3) is 1.74. The molecule has 2 heteroatoms. The molecule has 5 aromatic rings. The van der Waals surface area contributed by atoms with Crippen molar-refractivity contribution in [1.82, 2.24) is 0 Å². The minimum Gasteiger partial charge on any atom is -0.135 e. The molecule has 0 N–H and O–H groups in total. The molecule has 0 aliphatic rings. The van der Waals surface area contributed by atoms with Crippen LogP contribution in [0.15, 0.2) is 71.2 Å². The van der Waals surface area contributed by atoms with Crippen molar-refractivity contribution in [2.75, 3.05) is 0 Å². The molecular formula is C20H11BrS. The second kappa shape index (κ2) is 4.55. The van der Waals surface area contributed by atoms with E-state index in [1.807, 2.05) is 11.3 Å². The van der Waals surface area contributed by atoms with Gasteiger partial charge < -0.3 is 0 Å². The number of hydrogen-bond donors (Lipinski definition) is 0. The van der Waals surface area contributed by atoms with Gasteiger partial charge in [0.25, 0.3) is 0 Å². The quantitative estimate of drug-likeness (QED) is 0.257. The molecule has 0 aliphatic heterocycles. The molecule has 0 nitrogen and oxygen atoms in total. The Bertz CT molecular complexity index is 1180. The van der Waals surface area contributed by atoms with Gasteiger partial charge in [0, 0.05) is 24.6 Å². The van der Waals surface area contributed by atoms with Crippen molar-refractivity contribution in [3.05, 3.63) is 71.2 Å². The Morgan fingerprint density at radius 2 is 1.41 bits per heavy atom. The summed E-state index contributed by atoms with van der Waals surface area (Å²) in [7, 11) is 0. The molecule has 104 valence electrons. The van der Waals surface area contributed by atoms with Crippen molar-refractivity contribution in [2.24, 2.45) is 0 Å². The van der Waals surface area contributed by atoms with Crippen molar-refractivity contribution in [3.8, 4) is 0 Å². The fourth-order valence-corrected chi connectivity index (χ4v) is 4.77. The third-order valence-electron chi connectivity index (χ3n) is 4.30. The maximum Gasteiger partial charge on any atom is 0.0361 e. The topological polar surface area (TPSA) is 0 Å². The van der Waals surface area contributed by atoms with E-state index in [9.17, 15) is 0 Å². The Morgan fingerprint density at radius 3 is 2.32 bits per heavy atom. The molecule has 1 heterocycles. The van der Waals surface area contributed by atoms with Crippen LogP contribution in [0, 0.1) is 0 Å². The normalized spacial score (nSPS) is 11.9. The summed E-state index contributed by atoms with van der Waals surface area (Å²) in [5.74, 6) is 0. The van der Waals surface area contributed by atoms with Gasteiger partial charge in [-0.1, -0.05) is 52.3 Å². The van der Waals surface area contributed by atoms with Gasteiger partial charge in [-0.05, 0) is 51.9 Å². The highest BCUT2D eigenvalue weighted by atomic mass is 79.9. The zero-order valence-corrected chi connectivity index (χ0v) is 14.0. The van der Waals surface area contributed by atoms with Crippen LogP contribution < -0.4 is 0 Å². The molecule has 22 heavy (non-hydrogen) atoms. The van der Waals surface area contributed by atoms with E-state index in [1.54, 1.807) is 0 Å². The molecular weight excluding hydrogens is 352 g/mol. The van der Waals surface area contributed by atoms with Gasteiger partial charge in [-0.2, -0.15) is 0 Å². The molecule has 0 aliphatic carbocycles. The number of thiophene rings is 1. The Balaban J connectivity index is 2.02. The third-order valence-corrected chi connectivity index (χ3v) is 5.92. The summed E-state index contributed by atoms with van der Waals surface area (Å²) in [6.45, 7) is 0. The smallest absolute Gasteiger partial charge is 0.0361 e. The monoisotopic (exact) mass is 362 g/mol. The van der Waals surface area contributed by atoms with Crippen LogP contribution in [-0.2, 0) is 0 Å². The van der Waals surface area contributed by atoms with E-state index < -0.39 is 0 Å². The minimum absolute atomic E-state index is 1.13. The lowest BCUT2D eigenvalue weighted by Gasteiger charge is -2.05. The molecule has 1 aromatic heterocycles. The van der Waals surface area contributed by atoms with E-state index in [0.29, 0.717) is 0 Å². The van der Waals surface area contributed by atoms with Crippen molar-refractivity contribution < 1.29 is 0 Å². The predicted molar refractivity (Wildman–Crippen MR) is 102 cm³/mol. The number of rotatable bonds is 0. The van der Waals surface area contributed by atoms with Gasteiger partial charge in [-0.15, -0.1) is 11.3 Å². The van der Waals surface area contributed by atoms with E-state index in [2.05, 4.69) is 82.7 Å². The van der Waals surface area contributed by atoms with Crippen molar-refractivity contribution >= 4 is 69.0 Å². The first-order chi connectivity index (χ1) is 10.8. The Labute approximate surface area is 140 Å². The summed E-state index contributed by atoms with van der Waals surface area (Å²) in [5.41, 5.74) is 0. The van der Waals surface area contributed by atoms with Crippen LogP contribution in [0.3, 0.4) is 0 Å². The maximum atomic E-state index is 3.56. The summed E-state index contributed by atoms with van der Waals surface area (Å²) < 4.78 is 3.85. The maximum absolute atomic E-state index is 3.56. The number of benzene rings is 4. The van der Waals surface area contributed by atoms with Crippen LogP contribution in [0.1, 0.15) is 0 Å². The van der Waals surface area contributed by atoms with Gasteiger partial charge >= 0.3 is 0 Å².